The molecule has 0 unspecified atom stereocenters. The summed E-state index contributed by atoms with van der Waals surface area (Å²) in [5.74, 6) is -0.239. The van der Waals surface area contributed by atoms with Gasteiger partial charge in [-0.05, 0) is 12.8 Å². The summed E-state index contributed by atoms with van der Waals surface area (Å²) in [5.41, 5.74) is 0. The van der Waals surface area contributed by atoms with Gasteiger partial charge >= 0.3 is 5.97 Å². The van der Waals surface area contributed by atoms with E-state index >= 15 is 0 Å². The fourth-order valence-corrected chi connectivity index (χ4v) is 1.18. The second kappa shape index (κ2) is 3.69. The minimum absolute atomic E-state index is 0.219. The Kier molecular flexibility index (Phi) is 2.84. The van der Waals surface area contributed by atoms with Gasteiger partial charge in [-0.3, -0.25) is 4.79 Å². The van der Waals surface area contributed by atoms with Crippen LogP contribution in [-0.2, 0) is 9.53 Å². The van der Waals surface area contributed by atoms with Gasteiger partial charge in [-0.1, -0.05) is 0 Å². The number of rotatable bonds is 1. The molecule has 1 fully saturated rings. The Morgan fingerprint density at radius 3 is 2.82 bits per heavy atom. The number of nitrogens with one attached hydrogen (secondary N) is 1. The summed E-state index contributed by atoms with van der Waals surface area (Å²) in [5, 5.41) is 12.0. The van der Waals surface area contributed by atoms with Gasteiger partial charge in [-0.25, -0.2) is 0 Å². The van der Waals surface area contributed by atoms with Crippen LogP contribution in [0.15, 0.2) is 0 Å². The zero-order chi connectivity index (χ0) is 8.27. The maximum atomic E-state index is 10.9. The predicted octanol–water partition coefficient (Wildman–Crippen LogP) is -0.728. The molecule has 0 aromatic heterocycles. The van der Waals surface area contributed by atoms with Crippen molar-refractivity contribution in [2.24, 2.45) is 0 Å². The molecule has 1 aliphatic rings. The maximum absolute atomic E-state index is 10.9. The highest BCUT2D eigenvalue weighted by Crippen LogP contribution is 2.08. The van der Waals surface area contributed by atoms with Crippen LogP contribution in [-0.4, -0.2) is 36.9 Å². The molecule has 4 nitrogen and oxygen atoms in total. The van der Waals surface area contributed by atoms with Crippen molar-refractivity contribution in [2.45, 2.75) is 25.0 Å². The first-order valence-electron chi connectivity index (χ1n) is 3.73. The Bertz CT molecular complexity index is 141. The van der Waals surface area contributed by atoms with Crippen molar-refractivity contribution in [3.05, 3.63) is 0 Å². The number of esters is 1. The highest BCUT2D eigenvalue weighted by atomic mass is 16.5. The zero-order valence-electron chi connectivity index (χ0n) is 6.54. The Morgan fingerprint density at radius 1 is 1.64 bits per heavy atom. The third kappa shape index (κ3) is 2.17. The molecule has 0 aromatic carbocycles. The number of carbonyl (C=O) groups is 1. The lowest BCUT2D eigenvalue weighted by Gasteiger charge is -2.24. The molecular formula is C7H13NO3. The van der Waals surface area contributed by atoms with E-state index in [2.05, 4.69) is 10.1 Å². The Morgan fingerprint density at radius 2 is 2.36 bits per heavy atom. The topological polar surface area (TPSA) is 58.6 Å². The quantitative estimate of drug-likeness (QED) is 0.495. The van der Waals surface area contributed by atoms with E-state index in [1.54, 1.807) is 0 Å². The van der Waals surface area contributed by atoms with Crippen LogP contribution in [0.4, 0.5) is 0 Å². The smallest absolute Gasteiger partial charge is 0.322 e. The van der Waals surface area contributed by atoms with Gasteiger partial charge in [-0.2, -0.15) is 0 Å². The second-order valence-electron chi connectivity index (χ2n) is 2.72. The first kappa shape index (κ1) is 8.49. The number of piperidine rings is 1. The van der Waals surface area contributed by atoms with E-state index in [9.17, 15) is 4.79 Å². The standard InChI is InChI=1S/C7H13NO3/c1-11-7(10)6-3-2-5(9)4-8-6/h5-6,8-9H,2-4H2,1H3/t5-,6+/m1/s1. The first-order valence-corrected chi connectivity index (χ1v) is 3.73. The highest BCUT2D eigenvalue weighted by Gasteiger charge is 2.24. The predicted molar refractivity (Wildman–Crippen MR) is 39.0 cm³/mol. The van der Waals surface area contributed by atoms with Gasteiger partial charge in [0, 0.05) is 6.54 Å². The van der Waals surface area contributed by atoms with Crippen molar-refractivity contribution >= 4 is 5.97 Å². The van der Waals surface area contributed by atoms with Crippen LogP contribution in [0.3, 0.4) is 0 Å². The molecule has 1 rings (SSSR count). The number of ether oxygens (including phenoxy) is 1. The lowest BCUT2D eigenvalue weighted by Crippen LogP contribution is -2.46. The van der Waals surface area contributed by atoms with E-state index in [-0.39, 0.29) is 18.1 Å². The largest absolute Gasteiger partial charge is 0.468 e. The van der Waals surface area contributed by atoms with Crippen molar-refractivity contribution in [1.29, 1.82) is 0 Å². The van der Waals surface area contributed by atoms with Crippen molar-refractivity contribution in [3.63, 3.8) is 0 Å². The van der Waals surface area contributed by atoms with Gasteiger partial charge in [0.25, 0.3) is 0 Å². The summed E-state index contributed by atoms with van der Waals surface area (Å²) in [6.07, 6.45) is 1.02. The number of methoxy groups -OCH3 is 1. The van der Waals surface area contributed by atoms with E-state index in [0.29, 0.717) is 19.4 Å². The normalized spacial score (nSPS) is 31.5. The molecule has 0 amide bonds. The molecule has 0 spiro atoms. The number of hydrogen-bond acceptors (Lipinski definition) is 4. The van der Waals surface area contributed by atoms with Gasteiger partial charge in [0.2, 0.25) is 0 Å². The van der Waals surface area contributed by atoms with E-state index in [1.807, 2.05) is 0 Å². The Balaban J connectivity index is 2.33. The number of hydrogen-bond donors (Lipinski definition) is 2. The molecule has 2 N–H and O–H groups in total. The minimum Gasteiger partial charge on any atom is -0.468 e. The van der Waals surface area contributed by atoms with Gasteiger partial charge in [0.1, 0.15) is 6.04 Å². The lowest BCUT2D eigenvalue weighted by atomic mass is 10.0. The van der Waals surface area contributed by atoms with E-state index in [0.717, 1.165) is 0 Å². The third-order valence-corrected chi connectivity index (χ3v) is 1.87. The van der Waals surface area contributed by atoms with Crippen molar-refractivity contribution in [1.82, 2.24) is 5.32 Å². The van der Waals surface area contributed by atoms with E-state index < -0.39 is 0 Å². The number of β-amino-alcohol motifs (C(OH)–C–C–N with tert-alkyl or cyclic N) is 1. The zero-order valence-corrected chi connectivity index (χ0v) is 6.54. The van der Waals surface area contributed by atoms with Crippen molar-refractivity contribution in [2.75, 3.05) is 13.7 Å². The fraction of sp³-hybridized carbons (Fsp3) is 0.857. The summed E-state index contributed by atoms with van der Waals surface area (Å²) in [6, 6.07) is -0.219. The Hall–Kier alpha value is -0.610. The SMILES string of the molecule is COC(=O)[C@@H]1CC[C@@H](O)CN1. The van der Waals surface area contributed by atoms with Gasteiger partial charge in [0.05, 0.1) is 13.2 Å². The van der Waals surface area contributed by atoms with Gasteiger partial charge < -0.3 is 15.2 Å². The Labute approximate surface area is 65.5 Å². The van der Waals surface area contributed by atoms with Crippen molar-refractivity contribution < 1.29 is 14.6 Å². The molecule has 0 saturated carbocycles. The minimum atomic E-state index is -0.309. The monoisotopic (exact) mass is 159 g/mol. The summed E-state index contributed by atoms with van der Waals surface area (Å²) >= 11 is 0. The summed E-state index contributed by atoms with van der Waals surface area (Å²) in [4.78, 5) is 10.9. The van der Waals surface area contributed by atoms with Gasteiger partial charge in [-0.15, -0.1) is 0 Å². The van der Waals surface area contributed by atoms with E-state index in [4.69, 9.17) is 5.11 Å². The van der Waals surface area contributed by atoms with Crippen LogP contribution in [0, 0.1) is 0 Å². The fourth-order valence-electron chi connectivity index (χ4n) is 1.18. The van der Waals surface area contributed by atoms with Crippen LogP contribution in [0.5, 0.6) is 0 Å². The molecule has 0 bridgehead atoms. The van der Waals surface area contributed by atoms with Crippen LogP contribution >= 0.6 is 0 Å². The number of carbonyl (C=O) groups excluding carboxylic acids is 1. The number of aliphatic hydroxyl groups excluding tert-OH is 1. The molecule has 64 valence electrons. The lowest BCUT2D eigenvalue weighted by molar-refractivity contribution is -0.144. The van der Waals surface area contributed by atoms with Crippen LogP contribution in [0.2, 0.25) is 0 Å². The highest BCUT2D eigenvalue weighted by molar-refractivity contribution is 5.75. The third-order valence-electron chi connectivity index (χ3n) is 1.87. The van der Waals surface area contributed by atoms with Crippen LogP contribution in [0.1, 0.15) is 12.8 Å². The van der Waals surface area contributed by atoms with Crippen LogP contribution < -0.4 is 5.32 Å². The average Bonchev–Trinajstić information content (AvgIpc) is 2.05. The molecule has 11 heavy (non-hydrogen) atoms. The summed E-state index contributed by atoms with van der Waals surface area (Å²) in [7, 11) is 1.37. The molecular weight excluding hydrogens is 146 g/mol. The molecule has 1 saturated heterocycles. The molecule has 0 aromatic rings. The number of aliphatic hydroxyl groups is 1. The van der Waals surface area contributed by atoms with Crippen molar-refractivity contribution in [3.8, 4) is 0 Å². The molecule has 2 atom stereocenters. The molecule has 0 radical (unpaired) electrons. The molecule has 0 aliphatic carbocycles. The van der Waals surface area contributed by atoms with Gasteiger partial charge in [0.15, 0.2) is 0 Å². The summed E-state index contributed by atoms with van der Waals surface area (Å²) < 4.78 is 4.54. The first-order chi connectivity index (χ1) is 5.24. The molecule has 4 heteroatoms. The molecule has 1 heterocycles. The average molecular weight is 159 g/mol. The summed E-state index contributed by atoms with van der Waals surface area (Å²) in [6.45, 7) is 0.486. The van der Waals surface area contributed by atoms with E-state index in [1.165, 1.54) is 7.11 Å². The molecule has 1 aliphatic heterocycles. The second-order valence-corrected chi connectivity index (χ2v) is 2.72. The van der Waals surface area contributed by atoms with Crippen LogP contribution in [0.25, 0.3) is 0 Å². The maximum Gasteiger partial charge on any atom is 0.322 e.